The van der Waals surface area contributed by atoms with Crippen LogP contribution in [0.1, 0.15) is 19.3 Å². The molecule has 3 nitrogen and oxygen atoms in total. The molecule has 1 saturated carbocycles. The van der Waals surface area contributed by atoms with Gasteiger partial charge >= 0.3 is 5.97 Å². The molecule has 2 atom stereocenters. The van der Waals surface area contributed by atoms with Crippen LogP contribution in [0.2, 0.25) is 0 Å². The summed E-state index contributed by atoms with van der Waals surface area (Å²) in [5.74, 6) is 0.450. The first kappa shape index (κ1) is 8.05. The SMILES string of the molecule is O=C(O)[C@@H]1C[C@@H]1C1CCOCC1. The fraction of sp³-hybridized carbons (Fsp3) is 0.889. The Morgan fingerprint density at radius 2 is 2.00 bits per heavy atom. The lowest BCUT2D eigenvalue weighted by molar-refractivity contribution is -0.139. The summed E-state index contributed by atoms with van der Waals surface area (Å²) in [6.45, 7) is 1.65. The maximum absolute atomic E-state index is 10.6. The number of ether oxygens (including phenoxy) is 1. The highest BCUT2D eigenvalue weighted by Gasteiger charge is 2.47. The molecule has 1 N–H and O–H groups in total. The third-order valence-corrected chi connectivity index (χ3v) is 3.03. The van der Waals surface area contributed by atoms with Crippen molar-refractivity contribution in [2.75, 3.05) is 13.2 Å². The summed E-state index contributed by atoms with van der Waals surface area (Å²) in [6.07, 6.45) is 3.03. The van der Waals surface area contributed by atoms with Gasteiger partial charge in [0.2, 0.25) is 0 Å². The van der Waals surface area contributed by atoms with Gasteiger partial charge in [0.1, 0.15) is 0 Å². The minimum absolute atomic E-state index is 0.0342. The molecule has 3 heteroatoms. The van der Waals surface area contributed by atoms with E-state index in [-0.39, 0.29) is 5.92 Å². The molecule has 12 heavy (non-hydrogen) atoms. The molecule has 0 aromatic carbocycles. The van der Waals surface area contributed by atoms with Crippen LogP contribution in [-0.2, 0) is 9.53 Å². The minimum atomic E-state index is -0.605. The van der Waals surface area contributed by atoms with Crippen molar-refractivity contribution in [2.24, 2.45) is 17.8 Å². The van der Waals surface area contributed by atoms with Gasteiger partial charge in [-0.05, 0) is 31.1 Å². The van der Waals surface area contributed by atoms with Crippen molar-refractivity contribution in [3.63, 3.8) is 0 Å². The lowest BCUT2D eigenvalue weighted by Gasteiger charge is -2.21. The molecule has 0 unspecified atom stereocenters. The van der Waals surface area contributed by atoms with Gasteiger partial charge < -0.3 is 9.84 Å². The average molecular weight is 170 g/mol. The normalized spacial score (nSPS) is 36.3. The molecule has 2 rings (SSSR count). The van der Waals surface area contributed by atoms with Gasteiger partial charge in [-0.3, -0.25) is 4.79 Å². The quantitative estimate of drug-likeness (QED) is 0.675. The largest absolute Gasteiger partial charge is 0.481 e. The first-order valence-electron chi connectivity index (χ1n) is 4.59. The predicted molar refractivity (Wildman–Crippen MR) is 42.8 cm³/mol. The Labute approximate surface area is 71.7 Å². The standard InChI is InChI=1S/C9H14O3/c10-9(11)8-5-7(8)6-1-3-12-4-2-6/h6-8H,1-5H2,(H,10,11)/t7-,8-/m1/s1. The van der Waals surface area contributed by atoms with Gasteiger partial charge in [-0.1, -0.05) is 0 Å². The number of hydrogen-bond donors (Lipinski definition) is 1. The Kier molecular flexibility index (Phi) is 2.05. The maximum atomic E-state index is 10.6. The Morgan fingerprint density at radius 3 is 2.50 bits per heavy atom. The van der Waals surface area contributed by atoms with E-state index in [4.69, 9.17) is 9.84 Å². The van der Waals surface area contributed by atoms with Crippen molar-refractivity contribution in [1.29, 1.82) is 0 Å². The zero-order valence-electron chi connectivity index (χ0n) is 7.03. The molecule has 68 valence electrons. The molecule has 0 radical (unpaired) electrons. The van der Waals surface area contributed by atoms with E-state index < -0.39 is 5.97 Å². The number of aliphatic carboxylic acids is 1. The predicted octanol–water partition coefficient (Wildman–Crippen LogP) is 1.13. The Hall–Kier alpha value is -0.570. The Bertz CT molecular complexity index is 184. The molecule has 2 aliphatic rings. The maximum Gasteiger partial charge on any atom is 0.306 e. The molecule has 1 heterocycles. The van der Waals surface area contributed by atoms with Crippen LogP contribution in [0.15, 0.2) is 0 Å². The van der Waals surface area contributed by atoms with Crippen LogP contribution in [0.4, 0.5) is 0 Å². The van der Waals surface area contributed by atoms with Crippen LogP contribution in [0.3, 0.4) is 0 Å². The van der Waals surface area contributed by atoms with Crippen LogP contribution >= 0.6 is 0 Å². The van der Waals surface area contributed by atoms with Gasteiger partial charge in [0.25, 0.3) is 0 Å². The van der Waals surface area contributed by atoms with Crippen LogP contribution in [-0.4, -0.2) is 24.3 Å². The second-order valence-corrected chi connectivity index (χ2v) is 3.79. The molecule has 2 fully saturated rings. The number of carboxylic acid groups (broad SMARTS) is 1. The summed E-state index contributed by atoms with van der Waals surface area (Å²) < 4.78 is 5.23. The average Bonchev–Trinajstić information content (AvgIpc) is 2.84. The summed E-state index contributed by atoms with van der Waals surface area (Å²) in [4.78, 5) is 10.6. The molecule has 0 aromatic heterocycles. The van der Waals surface area contributed by atoms with E-state index in [1.165, 1.54) is 0 Å². The van der Waals surface area contributed by atoms with Crippen LogP contribution in [0.25, 0.3) is 0 Å². The zero-order chi connectivity index (χ0) is 8.55. The molecular weight excluding hydrogens is 156 g/mol. The van der Waals surface area contributed by atoms with Crippen molar-refractivity contribution >= 4 is 5.97 Å². The van der Waals surface area contributed by atoms with Crippen LogP contribution in [0.5, 0.6) is 0 Å². The lowest BCUT2D eigenvalue weighted by atomic mass is 9.94. The van der Waals surface area contributed by atoms with Crippen molar-refractivity contribution in [1.82, 2.24) is 0 Å². The highest BCUT2D eigenvalue weighted by Crippen LogP contribution is 2.47. The highest BCUT2D eigenvalue weighted by atomic mass is 16.5. The smallest absolute Gasteiger partial charge is 0.306 e. The monoisotopic (exact) mass is 170 g/mol. The minimum Gasteiger partial charge on any atom is -0.481 e. The van der Waals surface area contributed by atoms with Crippen LogP contribution < -0.4 is 0 Å². The van der Waals surface area contributed by atoms with E-state index in [2.05, 4.69) is 0 Å². The van der Waals surface area contributed by atoms with Crippen molar-refractivity contribution < 1.29 is 14.6 Å². The summed E-state index contributed by atoms with van der Waals surface area (Å²) >= 11 is 0. The van der Waals surface area contributed by atoms with Gasteiger partial charge in [-0.15, -0.1) is 0 Å². The summed E-state index contributed by atoms with van der Waals surface area (Å²) in [7, 11) is 0. The second kappa shape index (κ2) is 3.05. The number of carbonyl (C=O) groups is 1. The van der Waals surface area contributed by atoms with E-state index in [9.17, 15) is 4.79 Å². The summed E-state index contributed by atoms with van der Waals surface area (Å²) in [5, 5.41) is 8.72. The van der Waals surface area contributed by atoms with Gasteiger partial charge in [0.15, 0.2) is 0 Å². The van der Waals surface area contributed by atoms with E-state index in [1.54, 1.807) is 0 Å². The Morgan fingerprint density at radius 1 is 1.33 bits per heavy atom. The molecule has 0 aromatic rings. The van der Waals surface area contributed by atoms with E-state index in [1.807, 2.05) is 0 Å². The Balaban J connectivity index is 1.83. The first-order chi connectivity index (χ1) is 5.79. The fourth-order valence-corrected chi connectivity index (χ4v) is 2.16. The van der Waals surface area contributed by atoms with Crippen molar-refractivity contribution in [3.8, 4) is 0 Å². The number of carboxylic acids is 1. The van der Waals surface area contributed by atoms with E-state index in [0.29, 0.717) is 11.8 Å². The van der Waals surface area contributed by atoms with E-state index >= 15 is 0 Å². The molecule has 1 aliphatic heterocycles. The van der Waals surface area contributed by atoms with Gasteiger partial charge in [-0.2, -0.15) is 0 Å². The molecule has 0 amide bonds. The van der Waals surface area contributed by atoms with Crippen molar-refractivity contribution in [3.05, 3.63) is 0 Å². The topological polar surface area (TPSA) is 46.5 Å². The molecule has 0 bridgehead atoms. The van der Waals surface area contributed by atoms with Gasteiger partial charge in [0.05, 0.1) is 5.92 Å². The molecule has 1 aliphatic carbocycles. The third-order valence-electron chi connectivity index (χ3n) is 3.03. The molecular formula is C9H14O3. The van der Waals surface area contributed by atoms with Crippen LogP contribution in [0, 0.1) is 17.8 Å². The third kappa shape index (κ3) is 1.46. The molecule has 0 spiro atoms. The van der Waals surface area contributed by atoms with Gasteiger partial charge in [0, 0.05) is 13.2 Å². The zero-order valence-corrected chi connectivity index (χ0v) is 7.03. The number of hydrogen-bond acceptors (Lipinski definition) is 2. The fourth-order valence-electron chi connectivity index (χ4n) is 2.16. The second-order valence-electron chi connectivity index (χ2n) is 3.79. The summed E-state index contributed by atoms with van der Waals surface area (Å²) in [5.41, 5.74) is 0. The first-order valence-corrected chi connectivity index (χ1v) is 4.59. The van der Waals surface area contributed by atoms with Crippen molar-refractivity contribution in [2.45, 2.75) is 19.3 Å². The lowest BCUT2D eigenvalue weighted by Crippen LogP contribution is -2.18. The van der Waals surface area contributed by atoms with Gasteiger partial charge in [-0.25, -0.2) is 0 Å². The van der Waals surface area contributed by atoms with E-state index in [0.717, 1.165) is 32.5 Å². The summed E-state index contributed by atoms with van der Waals surface area (Å²) in [6, 6.07) is 0. The number of rotatable bonds is 2. The molecule has 1 saturated heterocycles. The highest BCUT2D eigenvalue weighted by molar-refractivity contribution is 5.73.